The van der Waals surface area contributed by atoms with Crippen molar-refractivity contribution in [3.05, 3.63) is 65.9 Å². The molecule has 4 rings (SSSR count). The Morgan fingerprint density at radius 3 is 2.61 bits per heavy atom. The molecule has 3 heteroatoms. The molecule has 0 amide bonds. The Bertz CT molecular complexity index is 909. The third-order valence-electron chi connectivity index (χ3n) is 6.78. The molecule has 2 heterocycles. The Kier molecular flexibility index (Phi) is 8.06. The van der Waals surface area contributed by atoms with E-state index in [-0.39, 0.29) is 0 Å². The first-order valence-corrected chi connectivity index (χ1v) is 12.3. The van der Waals surface area contributed by atoms with Crippen molar-refractivity contribution in [2.75, 3.05) is 26.2 Å². The van der Waals surface area contributed by atoms with Crippen molar-refractivity contribution in [1.82, 2.24) is 9.88 Å². The quantitative estimate of drug-likeness (QED) is 0.342. The zero-order chi connectivity index (χ0) is 21.3. The molecule has 3 nitrogen and oxygen atoms in total. The van der Waals surface area contributed by atoms with Crippen molar-refractivity contribution < 1.29 is 4.74 Å². The van der Waals surface area contributed by atoms with Crippen LogP contribution < -0.4 is 4.74 Å². The molecule has 0 unspecified atom stereocenters. The monoisotopic (exact) mass is 418 g/mol. The van der Waals surface area contributed by atoms with Crippen molar-refractivity contribution in [2.45, 2.75) is 64.2 Å². The molecule has 1 N–H and O–H groups in total. The lowest BCUT2D eigenvalue weighted by atomic mass is 9.89. The summed E-state index contributed by atoms with van der Waals surface area (Å²) in [5, 5.41) is 1.33. The minimum absolute atomic E-state index is 0.752. The van der Waals surface area contributed by atoms with Gasteiger partial charge in [-0.25, -0.2) is 0 Å². The summed E-state index contributed by atoms with van der Waals surface area (Å²) < 4.78 is 5.97. The van der Waals surface area contributed by atoms with Gasteiger partial charge in [0.05, 0.1) is 6.61 Å². The first-order chi connectivity index (χ1) is 15.3. The van der Waals surface area contributed by atoms with Crippen LogP contribution >= 0.6 is 0 Å². The second kappa shape index (κ2) is 11.4. The molecule has 0 aliphatic carbocycles. The van der Waals surface area contributed by atoms with Gasteiger partial charge in [-0.05, 0) is 93.4 Å². The molecule has 1 fully saturated rings. The van der Waals surface area contributed by atoms with Gasteiger partial charge in [0.15, 0.2) is 0 Å². The van der Waals surface area contributed by atoms with Crippen molar-refractivity contribution in [3.8, 4) is 5.75 Å². The molecule has 0 atom stereocenters. The number of nitrogens with zero attached hydrogens (tertiary/aromatic N) is 1. The largest absolute Gasteiger partial charge is 0.494 e. The standard InChI is InChI=1S/C28H38N2O/c1-2-3-9-20-31-26-13-14-28-27(21-26)25(22-29-28)12-7-8-17-30-18-15-24(16-19-30)23-10-5-4-6-11-23/h4-6,10-11,13-14,21-22,24,29H,2-3,7-9,12,15-20H2,1H3. The Balaban J connectivity index is 1.20. The maximum Gasteiger partial charge on any atom is 0.120 e. The summed E-state index contributed by atoms with van der Waals surface area (Å²) in [7, 11) is 0. The van der Waals surface area contributed by atoms with E-state index in [1.807, 2.05) is 0 Å². The van der Waals surface area contributed by atoms with E-state index in [1.54, 1.807) is 0 Å². The Hall–Kier alpha value is -2.26. The third kappa shape index (κ3) is 6.13. The van der Waals surface area contributed by atoms with Gasteiger partial charge in [-0.15, -0.1) is 0 Å². The van der Waals surface area contributed by atoms with Gasteiger partial charge in [0.2, 0.25) is 0 Å². The number of piperidine rings is 1. The highest BCUT2D eigenvalue weighted by molar-refractivity contribution is 5.84. The first-order valence-electron chi connectivity index (χ1n) is 12.3. The fraction of sp³-hybridized carbons (Fsp3) is 0.500. The number of unbranched alkanes of at least 4 members (excludes halogenated alkanes) is 3. The van der Waals surface area contributed by atoms with E-state index in [9.17, 15) is 0 Å². The average molecular weight is 419 g/mol. The highest BCUT2D eigenvalue weighted by Gasteiger charge is 2.19. The molecule has 31 heavy (non-hydrogen) atoms. The number of aromatic amines is 1. The van der Waals surface area contributed by atoms with Gasteiger partial charge in [-0.3, -0.25) is 0 Å². The number of hydrogen-bond acceptors (Lipinski definition) is 2. The maximum atomic E-state index is 5.97. The van der Waals surface area contributed by atoms with Crippen LogP contribution in [0.1, 0.15) is 68.9 Å². The molecule has 0 saturated carbocycles. The summed E-state index contributed by atoms with van der Waals surface area (Å²) in [5.74, 6) is 1.76. The zero-order valence-corrected chi connectivity index (χ0v) is 19.1. The van der Waals surface area contributed by atoms with Crippen molar-refractivity contribution in [2.24, 2.45) is 0 Å². The fourth-order valence-corrected chi connectivity index (χ4v) is 4.86. The summed E-state index contributed by atoms with van der Waals surface area (Å²) in [6.45, 7) is 6.76. The van der Waals surface area contributed by atoms with Gasteiger partial charge in [-0.2, -0.15) is 0 Å². The second-order valence-corrected chi connectivity index (χ2v) is 9.06. The Labute approximate surface area is 187 Å². The predicted octanol–water partition coefficient (Wildman–Crippen LogP) is 6.94. The summed E-state index contributed by atoms with van der Waals surface area (Å²) >= 11 is 0. The van der Waals surface area contributed by atoms with Crippen molar-refractivity contribution in [1.29, 1.82) is 0 Å². The lowest BCUT2D eigenvalue weighted by molar-refractivity contribution is 0.209. The van der Waals surface area contributed by atoms with E-state index in [0.717, 1.165) is 31.1 Å². The number of likely N-dealkylation sites (tertiary alicyclic amines) is 1. The van der Waals surface area contributed by atoms with E-state index in [1.165, 1.54) is 80.2 Å². The first kappa shape index (κ1) is 22.0. The van der Waals surface area contributed by atoms with Crippen LogP contribution in [0.15, 0.2) is 54.7 Å². The normalized spacial score (nSPS) is 15.5. The van der Waals surface area contributed by atoms with E-state index in [2.05, 4.69) is 71.5 Å². The van der Waals surface area contributed by atoms with Crippen LogP contribution in [0.2, 0.25) is 0 Å². The van der Waals surface area contributed by atoms with Crippen LogP contribution in [0.5, 0.6) is 5.75 Å². The number of nitrogens with one attached hydrogen (secondary N) is 1. The molecule has 0 radical (unpaired) electrons. The van der Waals surface area contributed by atoms with Gasteiger partial charge in [0.25, 0.3) is 0 Å². The number of fused-ring (bicyclic) bond motifs is 1. The number of H-pyrrole nitrogens is 1. The number of rotatable bonds is 11. The van der Waals surface area contributed by atoms with Crippen LogP contribution in [-0.4, -0.2) is 36.1 Å². The molecule has 3 aromatic rings. The lowest BCUT2D eigenvalue weighted by Gasteiger charge is -2.32. The molecule has 1 aromatic heterocycles. The molecule has 166 valence electrons. The van der Waals surface area contributed by atoms with E-state index < -0.39 is 0 Å². The van der Waals surface area contributed by atoms with Crippen molar-refractivity contribution in [3.63, 3.8) is 0 Å². The van der Waals surface area contributed by atoms with E-state index >= 15 is 0 Å². The molecule has 0 spiro atoms. The van der Waals surface area contributed by atoms with Gasteiger partial charge < -0.3 is 14.6 Å². The van der Waals surface area contributed by atoms with Gasteiger partial charge in [0.1, 0.15) is 5.75 Å². The van der Waals surface area contributed by atoms with Crippen molar-refractivity contribution >= 4 is 10.9 Å². The van der Waals surface area contributed by atoms with E-state index in [4.69, 9.17) is 4.74 Å². The smallest absolute Gasteiger partial charge is 0.120 e. The van der Waals surface area contributed by atoms with Crippen LogP contribution in [0.4, 0.5) is 0 Å². The van der Waals surface area contributed by atoms with Crippen LogP contribution in [0.3, 0.4) is 0 Å². The number of benzene rings is 2. The second-order valence-electron chi connectivity index (χ2n) is 9.06. The fourth-order valence-electron chi connectivity index (χ4n) is 4.86. The van der Waals surface area contributed by atoms with E-state index in [0.29, 0.717) is 0 Å². The number of aryl methyl sites for hydroxylation is 1. The SMILES string of the molecule is CCCCCOc1ccc2[nH]cc(CCCCN3CCC(c4ccccc4)CC3)c2c1. The highest BCUT2D eigenvalue weighted by atomic mass is 16.5. The molecular weight excluding hydrogens is 380 g/mol. The molecular formula is C28H38N2O. The Morgan fingerprint density at radius 2 is 1.81 bits per heavy atom. The molecule has 2 aromatic carbocycles. The predicted molar refractivity (Wildman–Crippen MR) is 131 cm³/mol. The molecule has 1 aliphatic rings. The molecule has 0 bridgehead atoms. The van der Waals surface area contributed by atoms with Gasteiger partial charge in [-0.1, -0.05) is 50.1 Å². The zero-order valence-electron chi connectivity index (χ0n) is 19.1. The van der Waals surface area contributed by atoms with Gasteiger partial charge >= 0.3 is 0 Å². The summed E-state index contributed by atoms with van der Waals surface area (Å²) in [6, 6.07) is 17.5. The van der Waals surface area contributed by atoms with Crippen LogP contribution in [-0.2, 0) is 6.42 Å². The lowest BCUT2D eigenvalue weighted by Crippen LogP contribution is -2.33. The summed E-state index contributed by atoms with van der Waals surface area (Å²) in [4.78, 5) is 6.10. The summed E-state index contributed by atoms with van der Waals surface area (Å²) in [6.07, 6.45) is 12.1. The van der Waals surface area contributed by atoms with Crippen LogP contribution in [0, 0.1) is 0 Å². The number of ether oxygens (including phenoxy) is 1. The highest BCUT2D eigenvalue weighted by Crippen LogP contribution is 2.28. The average Bonchev–Trinajstić information content (AvgIpc) is 3.23. The summed E-state index contributed by atoms with van der Waals surface area (Å²) in [5.41, 5.74) is 4.17. The molecule has 1 aliphatic heterocycles. The maximum absolute atomic E-state index is 5.97. The Morgan fingerprint density at radius 1 is 0.968 bits per heavy atom. The number of aromatic nitrogens is 1. The minimum atomic E-state index is 0.752. The third-order valence-corrected chi connectivity index (χ3v) is 6.78. The van der Waals surface area contributed by atoms with Gasteiger partial charge in [0, 0.05) is 17.1 Å². The number of hydrogen-bond donors (Lipinski definition) is 1. The topological polar surface area (TPSA) is 28.3 Å². The minimum Gasteiger partial charge on any atom is -0.494 e. The molecule has 1 saturated heterocycles. The van der Waals surface area contributed by atoms with Crippen LogP contribution in [0.25, 0.3) is 10.9 Å².